The number of anilines is 1. The first kappa shape index (κ1) is 14.3. The van der Waals surface area contributed by atoms with Crippen LogP contribution in [0.5, 0.6) is 0 Å². The van der Waals surface area contributed by atoms with E-state index in [2.05, 4.69) is 10.8 Å². The molecule has 2 rings (SSSR count). The van der Waals surface area contributed by atoms with Gasteiger partial charge in [-0.3, -0.25) is 4.72 Å². The molecule has 0 saturated carbocycles. The smallest absolute Gasteiger partial charge is 0.236 e. The molecule has 4 nitrogen and oxygen atoms in total. The van der Waals surface area contributed by atoms with Crippen molar-refractivity contribution in [2.75, 3.05) is 11.3 Å². The summed E-state index contributed by atoms with van der Waals surface area (Å²) >= 11 is 0. The van der Waals surface area contributed by atoms with Crippen LogP contribution in [0.25, 0.3) is 0 Å². The number of aryl methyl sites for hydroxylation is 1. The molecule has 0 amide bonds. The lowest BCUT2D eigenvalue weighted by Crippen LogP contribution is -2.34. The lowest BCUT2D eigenvalue weighted by atomic mass is 9.91. The first-order chi connectivity index (χ1) is 9.08. The Morgan fingerprint density at radius 2 is 2.05 bits per heavy atom. The van der Waals surface area contributed by atoms with Crippen molar-refractivity contribution in [3.63, 3.8) is 0 Å². The molecule has 0 radical (unpaired) electrons. The molecule has 1 unspecified atom stereocenters. The fourth-order valence-electron chi connectivity index (χ4n) is 2.63. The lowest BCUT2D eigenvalue weighted by Gasteiger charge is -2.22. The maximum Gasteiger partial charge on any atom is 0.236 e. The van der Waals surface area contributed by atoms with Crippen LogP contribution in [-0.4, -0.2) is 20.2 Å². The van der Waals surface area contributed by atoms with Crippen molar-refractivity contribution in [1.29, 1.82) is 0 Å². The topological polar surface area (TPSA) is 72.2 Å². The zero-order valence-corrected chi connectivity index (χ0v) is 12.2. The van der Waals surface area contributed by atoms with E-state index in [0.29, 0.717) is 6.42 Å². The molecule has 0 aliphatic heterocycles. The molecule has 1 aliphatic rings. The van der Waals surface area contributed by atoms with E-state index >= 15 is 0 Å². The number of nitrogens with two attached hydrogens (primary N) is 1. The SMILES string of the molecule is CCC(CN)S(=O)(=O)Nc1cccc2c1CCCC2. The van der Waals surface area contributed by atoms with Crippen molar-refractivity contribution >= 4 is 15.7 Å². The van der Waals surface area contributed by atoms with E-state index in [-0.39, 0.29) is 6.54 Å². The van der Waals surface area contributed by atoms with Gasteiger partial charge >= 0.3 is 0 Å². The molecule has 19 heavy (non-hydrogen) atoms. The van der Waals surface area contributed by atoms with Gasteiger partial charge in [-0.25, -0.2) is 8.42 Å². The monoisotopic (exact) mass is 282 g/mol. The number of benzene rings is 1. The zero-order chi connectivity index (χ0) is 13.9. The quantitative estimate of drug-likeness (QED) is 0.868. The third kappa shape index (κ3) is 3.09. The van der Waals surface area contributed by atoms with Crippen LogP contribution in [0.2, 0.25) is 0 Å². The van der Waals surface area contributed by atoms with Gasteiger partial charge in [0, 0.05) is 6.54 Å². The highest BCUT2D eigenvalue weighted by atomic mass is 32.2. The first-order valence-electron chi connectivity index (χ1n) is 6.91. The van der Waals surface area contributed by atoms with Crippen molar-refractivity contribution < 1.29 is 8.42 Å². The largest absolute Gasteiger partial charge is 0.329 e. The average molecular weight is 282 g/mol. The molecule has 5 heteroatoms. The number of rotatable bonds is 5. The van der Waals surface area contributed by atoms with Gasteiger partial charge < -0.3 is 5.73 Å². The predicted octanol–water partition coefficient (Wildman–Crippen LogP) is 2.04. The molecule has 0 fully saturated rings. The van der Waals surface area contributed by atoms with Gasteiger partial charge in [0.2, 0.25) is 10.0 Å². The lowest BCUT2D eigenvalue weighted by molar-refractivity contribution is 0.581. The van der Waals surface area contributed by atoms with E-state index < -0.39 is 15.3 Å². The number of sulfonamides is 1. The normalized spacial score (nSPS) is 16.7. The summed E-state index contributed by atoms with van der Waals surface area (Å²) in [5, 5.41) is -0.521. The molecule has 0 heterocycles. The molecule has 0 saturated heterocycles. The van der Waals surface area contributed by atoms with Crippen molar-refractivity contribution in [3.8, 4) is 0 Å². The van der Waals surface area contributed by atoms with Crippen LogP contribution in [0.1, 0.15) is 37.3 Å². The second-order valence-corrected chi connectivity index (χ2v) is 7.02. The highest BCUT2D eigenvalue weighted by molar-refractivity contribution is 7.93. The summed E-state index contributed by atoms with van der Waals surface area (Å²) < 4.78 is 27.3. The van der Waals surface area contributed by atoms with Gasteiger partial charge in [-0.15, -0.1) is 0 Å². The van der Waals surface area contributed by atoms with Gasteiger partial charge in [-0.05, 0) is 49.3 Å². The number of hydrogen-bond acceptors (Lipinski definition) is 3. The number of nitrogens with one attached hydrogen (secondary N) is 1. The average Bonchev–Trinajstić information content (AvgIpc) is 2.40. The summed E-state index contributed by atoms with van der Waals surface area (Å²) in [5.41, 5.74) is 8.71. The predicted molar refractivity (Wildman–Crippen MR) is 78.8 cm³/mol. The summed E-state index contributed by atoms with van der Waals surface area (Å²) in [6, 6.07) is 5.86. The summed E-state index contributed by atoms with van der Waals surface area (Å²) in [6.07, 6.45) is 4.83. The van der Waals surface area contributed by atoms with Crippen molar-refractivity contribution in [1.82, 2.24) is 0 Å². The first-order valence-corrected chi connectivity index (χ1v) is 8.45. The van der Waals surface area contributed by atoms with Crippen LogP contribution in [0.4, 0.5) is 5.69 Å². The second-order valence-electron chi connectivity index (χ2n) is 5.06. The van der Waals surface area contributed by atoms with E-state index in [1.54, 1.807) is 0 Å². The van der Waals surface area contributed by atoms with Crippen LogP contribution in [0.3, 0.4) is 0 Å². The summed E-state index contributed by atoms with van der Waals surface area (Å²) in [4.78, 5) is 0. The van der Waals surface area contributed by atoms with Crippen molar-refractivity contribution in [2.24, 2.45) is 5.73 Å². The second kappa shape index (κ2) is 5.92. The Hall–Kier alpha value is -1.07. The molecule has 1 atom stereocenters. The van der Waals surface area contributed by atoms with Crippen LogP contribution in [0.15, 0.2) is 18.2 Å². The van der Waals surface area contributed by atoms with Crippen molar-refractivity contribution in [2.45, 2.75) is 44.3 Å². The van der Waals surface area contributed by atoms with Gasteiger partial charge in [-0.1, -0.05) is 19.1 Å². The Kier molecular flexibility index (Phi) is 4.47. The number of hydrogen-bond donors (Lipinski definition) is 2. The molecule has 106 valence electrons. The van der Waals surface area contributed by atoms with Gasteiger partial charge in [0.15, 0.2) is 0 Å². The third-order valence-electron chi connectivity index (χ3n) is 3.81. The van der Waals surface area contributed by atoms with Gasteiger partial charge in [0.1, 0.15) is 0 Å². The Morgan fingerprint density at radius 1 is 1.32 bits per heavy atom. The van der Waals surface area contributed by atoms with E-state index in [0.717, 1.165) is 30.5 Å². The number of fused-ring (bicyclic) bond motifs is 1. The van der Waals surface area contributed by atoms with E-state index in [1.807, 2.05) is 19.1 Å². The summed E-state index contributed by atoms with van der Waals surface area (Å²) in [5.74, 6) is 0. The maximum atomic E-state index is 12.3. The van der Waals surface area contributed by atoms with E-state index in [1.165, 1.54) is 12.0 Å². The van der Waals surface area contributed by atoms with Crippen LogP contribution < -0.4 is 10.5 Å². The summed E-state index contributed by atoms with van der Waals surface area (Å²) in [6.45, 7) is 2.00. The Bertz CT molecular complexity index is 536. The fraction of sp³-hybridized carbons (Fsp3) is 0.571. The Balaban J connectivity index is 2.29. The molecule has 1 aromatic carbocycles. The van der Waals surface area contributed by atoms with Gasteiger partial charge in [-0.2, -0.15) is 0 Å². The fourth-order valence-corrected chi connectivity index (χ4v) is 3.98. The summed E-state index contributed by atoms with van der Waals surface area (Å²) in [7, 11) is -3.38. The van der Waals surface area contributed by atoms with Gasteiger partial charge in [0.05, 0.1) is 10.9 Å². The standard InChI is InChI=1S/C14H22N2O2S/c1-2-12(10-15)19(17,18)16-14-9-5-7-11-6-3-4-8-13(11)14/h5,7,9,12,16H,2-4,6,8,10,15H2,1H3. The van der Waals surface area contributed by atoms with E-state index in [4.69, 9.17) is 5.73 Å². The molecular weight excluding hydrogens is 260 g/mol. The van der Waals surface area contributed by atoms with Gasteiger partial charge in [0.25, 0.3) is 0 Å². The highest BCUT2D eigenvalue weighted by Crippen LogP contribution is 2.29. The maximum absolute atomic E-state index is 12.3. The molecule has 0 spiro atoms. The molecule has 3 N–H and O–H groups in total. The van der Waals surface area contributed by atoms with Crippen LogP contribution in [-0.2, 0) is 22.9 Å². The van der Waals surface area contributed by atoms with E-state index in [9.17, 15) is 8.42 Å². The molecule has 1 aliphatic carbocycles. The Labute approximate surface area is 115 Å². The molecule has 1 aromatic rings. The minimum Gasteiger partial charge on any atom is -0.329 e. The minimum absolute atomic E-state index is 0.154. The Morgan fingerprint density at radius 3 is 2.74 bits per heavy atom. The van der Waals surface area contributed by atoms with Crippen LogP contribution in [0, 0.1) is 0 Å². The highest BCUT2D eigenvalue weighted by Gasteiger charge is 2.24. The van der Waals surface area contributed by atoms with Crippen LogP contribution >= 0.6 is 0 Å². The minimum atomic E-state index is -3.38. The zero-order valence-electron chi connectivity index (χ0n) is 11.4. The molecule has 0 bridgehead atoms. The third-order valence-corrected chi connectivity index (χ3v) is 5.71. The molecule has 0 aromatic heterocycles. The molecular formula is C14H22N2O2S. The van der Waals surface area contributed by atoms with Crippen molar-refractivity contribution in [3.05, 3.63) is 29.3 Å².